The summed E-state index contributed by atoms with van der Waals surface area (Å²) in [6, 6.07) is 11.1. The third-order valence-electron chi connectivity index (χ3n) is 3.47. The van der Waals surface area contributed by atoms with Crippen molar-refractivity contribution in [1.82, 2.24) is 0 Å². The molecule has 0 bridgehead atoms. The first kappa shape index (κ1) is 9.64. The maximum atomic E-state index is 2.48. The lowest BCUT2D eigenvalue weighted by molar-refractivity contribution is 0.750. The predicted octanol–water partition coefficient (Wildman–Crippen LogP) is 4.49. The molecule has 0 spiro atoms. The van der Waals surface area contributed by atoms with E-state index >= 15 is 0 Å². The van der Waals surface area contributed by atoms with Gasteiger partial charge in [-0.15, -0.1) is 0 Å². The third-order valence-corrected chi connectivity index (χ3v) is 4.43. The number of hydrogen-bond donors (Lipinski definition) is 0. The lowest BCUT2D eigenvalue weighted by Crippen LogP contribution is -1.91. The van der Waals surface area contributed by atoms with Crippen LogP contribution in [0.25, 0.3) is 10.8 Å². The minimum atomic E-state index is 0.736. The van der Waals surface area contributed by atoms with Gasteiger partial charge < -0.3 is 0 Å². The van der Waals surface area contributed by atoms with E-state index in [2.05, 4.69) is 59.8 Å². The highest BCUT2D eigenvalue weighted by atomic mass is 127. The van der Waals surface area contributed by atoms with Crippen LogP contribution in [0.1, 0.15) is 30.4 Å². The van der Waals surface area contributed by atoms with Gasteiger partial charge >= 0.3 is 0 Å². The van der Waals surface area contributed by atoms with Gasteiger partial charge in [0.2, 0.25) is 0 Å². The minimum absolute atomic E-state index is 0.736. The number of fused-ring (bicyclic) bond motifs is 3. The molecule has 1 heteroatoms. The van der Waals surface area contributed by atoms with Crippen LogP contribution in [-0.2, 0) is 6.42 Å². The van der Waals surface area contributed by atoms with Crippen LogP contribution in [0.2, 0.25) is 0 Å². The van der Waals surface area contributed by atoms with Crippen LogP contribution >= 0.6 is 22.6 Å². The summed E-state index contributed by atoms with van der Waals surface area (Å²) >= 11 is 2.48. The molecule has 0 amide bonds. The van der Waals surface area contributed by atoms with E-state index in [4.69, 9.17) is 0 Å². The summed E-state index contributed by atoms with van der Waals surface area (Å²) in [6.45, 7) is 2.36. The molecule has 0 aliphatic heterocycles. The normalized spacial score (nSPS) is 19.5. The standard InChI is InChI=1S/C14H13I/c1-9-6-7-12-13(15)8-10-4-2-3-5-11(10)14(9)12/h2-5,8-9H,6-7H2,1H3. The zero-order chi connectivity index (χ0) is 10.4. The molecule has 1 aliphatic rings. The van der Waals surface area contributed by atoms with E-state index in [9.17, 15) is 0 Å². The molecule has 1 aliphatic carbocycles. The molecule has 0 N–H and O–H groups in total. The third kappa shape index (κ3) is 1.40. The SMILES string of the molecule is CC1CCc2c(I)cc3ccccc3c21. The van der Waals surface area contributed by atoms with Crippen LogP contribution in [0.15, 0.2) is 30.3 Å². The molecule has 3 rings (SSSR count). The van der Waals surface area contributed by atoms with Crippen molar-refractivity contribution in [2.45, 2.75) is 25.7 Å². The van der Waals surface area contributed by atoms with Gasteiger partial charge in [-0.05, 0) is 69.3 Å². The van der Waals surface area contributed by atoms with Crippen LogP contribution in [0.3, 0.4) is 0 Å². The molecule has 0 aromatic heterocycles. The lowest BCUT2D eigenvalue weighted by Gasteiger charge is -2.11. The van der Waals surface area contributed by atoms with Crippen molar-refractivity contribution in [1.29, 1.82) is 0 Å². The zero-order valence-electron chi connectivity index (χ0n) is 8.76. The first-order chi connectivity index (χ1) is 7.27. The Bertz CT molecular complexity index is 528. The topological polar surface area (TPSA) is 0 Å². The highest BCUT2D eigenvalue weighted by molar-refractivity contribution is 14.1. The Hall–Kier alpha value is -0.570. The molecule has 0 fully saturated rings. The Morgan fingerprint density at radius 1 is 1.27 bits per heavy atom. The van der Waals surface area contributed by atoms with Crippen molar-refractivity contribution in [2.75, 3.05) is 0 Å². The average molecular weight is 308 g/mol. The maximum Gasteiger partial charge on any atom is 0.0171 e. The molecule has 2 aromatic carbocycles. The van der Waals surface area contributed by atoms with Gasteiger partial charge in [0.1, 0.15) is 0 Å². The Balaban J connectivity index is 2.45. The van der Waals surface area contributed by atoms with Gasteiger partial charge in [0.25, 0.3) is 0 Å². The van der Waals surface area contributed by atoms with Gasteiger partial charge in [-0.3, -0.25) is 0 Å². The van der Waals surface area contributed by atoms with E-state index in [0.29, 0.717) is 0 Å². The van der Waals surface area contributed by atoms with Crippen molar-refractivity contribution >= 4 is 33.4 Å². The summed E-state index contributed by atoms with van der Waals surface area (Å²) in [5.74, 6) is 0.736. The molecule has 0 saturated heterocycles. The largest absolute Gasteiger partial charge is 0.0616 e. The summed E-state index contributed by atoms with van der Waals surface area (Å²) in [4.78, 5) is 0. The van der Waals surface area contributed by atoms with Gasteiger partial charge in [-0.25, -0.2) is 0 Å². The summed E-state index contributed by atoms with van der Waals surface area (Å²) < 4.78 is 1.45. The van der Waals surface area contributed by atoms with E-state index in [1.807, 2.05) is 0 Å². The summed E-state index contributed by atoms with van der Waals surface area (Å²) in [7, 11) is 0. The fourth-order valence-electron chi connectivity index (χ4n) is 2.71. The molecule has 1 unspecified atom stereocenters. The van der Waals surface area contributed by atoms with Gasteiger partial charge in [0.15, 0.2) is 0 Å². The van der Waals surface area contributed by atoms with Gasteiger partial charge in [-0.2, -0.15) is 0 Å². The monoisotopic (exact) mass is 308 g/mol. The summed E-state index contributed by atoms with van der Waals surface area (Å²) in [5, 5.41) is 2.87. The van der Waals surface area contributed by atoms with E-state index < -0.39 is 0 Å². The smallest absolute Gasteiger partial charge is 0.0171 e. The fourth-order valence-corrected chi connectivity index (χ4v) is 3.60. The lowest BCUT2D eigenvalue weighted by atomic mass is 9.96. The number of hydrogen-bond acceptors (Lipinski definition) is 0. The number of rotatable bonds is 0. The second-order valence-electron chi connectivity index (χ2n) is 4.41. The van der Waals surface area contributed by atoms with Gasteiger partial charge in [-0.1, -0.05) is 31.2 Å². The molecule has 76 valence electrons. The molecule has 0 nitrogen and oxygen atoms in total. The van der Waals surface area contributed by atoms with E-state index in [0.717, 1.165) is 5.92 Å². The van der Waals surface area contributed by atoms with Gasteiger partial charge in [0, 0.05) is 3.57 Å². The first-order valence-corrected chi connectivity index (χ1v) is 6.55. The highest BCUT2D eigenvalue weighted by Crippen LogP contribution is 2.40. The van der Waals surface area contributed by atoms with Crippen LogP contribution in [0.5, 0.6) is 0 Å². The molecular formula is C14H13I. The summed E-state index contributed by atoms with van der Waals surface area (Å²) in [5.41, 5.74) is 3.21. The van der Waals surface area contributed by atoms with Crippen LogP contribution in [-0.4, -0.2) is 0 Å². The average Bonchev–Trinajstić information content (AvgIpc) is 2.62. The molecular weight excluding hydrogens is 295 g/mol. The zero-order valence-corrected chi connectivity index (χ0v) is 10.9. The number of benzene rings is 2. The number of halogens is 1. The fraction of sp³-hybridized carbons (Fsp3) is 0.286. The molecule has 0 saturated carbocycles. The molecule has 0 radical (unpaired) electrons. The Labute approximate surface area is 104 Å². The van der Waals surface area contributed by atoms with Crippen molar-refractivity contribution < 1.29 is 0 Å². The molecule has 1 atom stereocenters. The highest BCUT2D eigenvalue weighted by Gasteiger charge is 2.22. The van der Waals surface area contributed by atoms with Crippen molar-refractivity contribution in [3.63, 3.8) is 0 Å². The van der Waals surface area contributed by atoms with Crippen LogP contribution < -0.4 is 0 Å². The Morgan fingerprint density at radius 3 is 2.93 bits per heavy atom. The van der Waals surface area contributed by atoms with Crippen LogP contribution in [0.4, 0.5) is 0 Å². The predicted molar refractivity (Wildman–Crippen MR) is 73.4 cm³/mol. The molecule has 2 aromatic rings. The van der Waals surface area contributed by atoms with Crippen LogP contribution in [0, 0.1) is 3.57 Å². The maximum absolute atomic E-state index is 2.48. The Morgan fingerprint density at radius 2 is 2.07 bits per heavy atom. The Kier molecular flexibility index (Phi) is 2.23. The second kappa shape index (κ2) is 3.48. The molecule has 15 heavy (non-hydrogen) atoms. The van der Waals surface area contributed by atoms with E-state index in [1.54, 1.807) is 11.1 Å². The van der Waals surface area contributed by atoms with Crippen molar-refractivity contribution in [2.24, 2.45) is 0 Å². The quantitative estimate of drug-likeness (QED) is 0.629. The molecule has 0 heterocycles. The van der Waals surface area contributed by atoms with Crippen molar-refractivity contribution in [3.8, 4) is 0 Å². The minimum Gasteiger partial charge on any atom is -0.0616 e. The summed E-state index contributed by atoms with van der Waals surface area (Å²) in [6.07, 6.45) is 2.58. The second-order valence-corrected chi connectivity index (χ2v) is 5.57. The van der Waals surface area contributed by atoms with E-state index in [-0.39, 0.29) is 0 Å². The first-order valence-electron chi connectivity index (χ1n) is 5.47. The van der Waals surface area contributed by atoms with E-state index in [1.165, 1.54) is 27.2 Å². The van der Waals surface area contributed by atoms with Crippen molar-refractivity contribution in [3.05, 3.63) is 45.0 Å². The van der Waals surface area contributed by atoms with Gasteiger partial charge in [0.05, 0.1) is 0 Å².